The zero-order valence-corrected chi connectivity index (χ0v) is 22.4. The minimum atomic E-state index is -1.05. The summed E-state index contributed by atoms with van der Waals surface area (Å²) in [5, 5.41) is 4.56. The van der Waals surface area contributed by atoms with E-state index in [2.05, 4.69) is 37.0 Å². The van der Waals surface area contributed by atoms with Gasteiger partial charge in [-0.1, -0.05) is 63.4 Å². The summed E-state index contributed by atoms with van der Waals surface area (Å²) in [7, 11) is 4.69. The zero-order chi connectivity index (χ0) is 24.9. The number of nitrogens with zero attached hydrogens (tertiary/aromatic N) is 3. The Morgan fingerprint density at radius 2 is 1.62 bits per heavy atom. The van der Waals surface area contributed by atoms with E-state index >= 15 is 0 Å². The molecule has 4 rings (SSSR count). The van der Waals surface area contributed by atoms with Gasteiger partial charge in [-0.15, -0.1) is 0 Å². The van der Waals surface area contributed by atoms with Crippen molar-refractivity contribution in [3.63, 3.8) is 0 Å². The lowest BCUT2D eigenvalue weighted by molar-refractivity contribution is 0.373. The lowest BCUT2D eigenvalue weighted by atomic mass is 9.89. The van der Waals surface area contributed by atoms with Gasteiger partial charge in [-0.05, 0) is 56.5 Å². The van der Waals surface area contributed by atoms with Crippen LogP contribution >= 0.6 is 0 Å². The first kappa shape index (κ1) is 27.7. The Bertz CT molecular complexity index is 1030. The summed E-state index contributed by atoms with van der Waals surface area (Å²) in [5.74, 6) is 2.51. The quantitative estimate of drug-likeness (QED) is 0.453. The first-order valence-corrected chi connectivity index (χ1v) is 13.5. The first-order chi connectivity index (χ1) is 16.5. The predicted molar refractivity (Wildman–Crippen MR) is 147 cm³/mol. The van der Waals surface area contributed by atoms with Crippen LogP contribution in [-0.4, -0.2) is 41.9 Å². The van der Waals surface area contributed by atoms with Gasteiger partial charge in [0, 0.05) is 26.0 Å². The molecule has 1 aliphatic carbocycles. The summed E-state index contributed by atoms with van der Waals surface area (Å²) in [6.07, 6.45) is 6.80. The van der Waals surface area contributed by atoms with Gasteiger partial charge in [0.15, 0.2) is 0 Å². The van der Waals surface area contributed by atoms with Crippen molar-refractivity contribution >= 4 is 33.7 Å². The molecule has 0 spiro atoms. The zero-order valence-electron chi connectivity index (χ0n) is 21.6. The summed E-state index contributed by atoms with van der Waals surface area (Å²) >= 11 is 0. The molecule has 1 heterocycles. The van der Waals surface area contributed by atoms with Crippen molar-refractivity contribution in [2.75, 3.05) is 37.9 Å². The SMILES string of the molecule is CC.CN(C)c1nc(NCC2CCCCC2)nc2ccccc12.CNS(=O)c1ccccc1C. The van der Waals surface area contributed by atoms with E-state index in [1.807, 2.05) is 71.3 Å². The van der Waals surface area contributed by atoms with Gasteiger partial charge in [-0.2, -0.15) is 4.98 Å². The minimum Gasteiger partial charge on any atom is -0.362 e. The van der Waals surface area contributed by atoms with Crippen molar-refractivity contribution in [3.05, 3.63) is 54.1 Å². The number of aromatic nitrogens is 2. The van der Waals surface area contributed by atoms with Crippen molar-refractivity contribution in [2.24, 2.45) is 5.92 Å². The van der Waals surface area contributed by atoms with Gasteiger partial charge in [0.25, 0.3) is 0 Å². The van der Waals surface area contributed by atoms with Gasteiger partial charge in [0.1, 0.15) is 16.8 Å². The molecule has 0 amide bonds. The molecule has 7 heteroatoms. The molecular formula is C27H41N5OS. The molecular weight excluding hydrogens is 442 g/mol. The van der Waals surface area contributed by atoms with Gasteiger partial charge >= 0.3 is 0 Å². The topological polar surface area (TPSA) is 70.2 Å². The average Bonchev–Trinajstić information content (AvgIpc) is 2.89. The smallest absolute Gasteiger partial charge is 0.225 e. The fourth-order valence-corrected chi connectivity index (χ4v) is 4.76. The Morgan fingerprint density at radius 1 is 0.971 bits per heavy atom. The molecule has 1 aliphatic rings. The first-order valence-electron chi connectivity index (χ1n) is 12.3. The van der Waals surface area contributed by atoms with Crippen LogP contribution in [0.25, 0.3) is 10.9 Å². The monoisotopic (exact) mass is 483 g/mol. The number of benzene rings is 2. The third-order valence-corrected chi connectivity index (χ3v) is 6.99. The number of hydrogen-bond donors (Lipinski definition) is 2. The van der Waals surface area contributed by atoms with Crippen LogP contribution in [0.5, 0.6) is 0 Å². The Hall–Kier alpha value is -2.51. The van der Waals surface area contributed by atoms with E-state index in [1.165, 1.54) is 32.1 Å². The van der Waals surface area contributed by atoms with Crippen LogP contribution in [0.4, 0.5) is 11.8 Å². The van der Waals surface area contributed by atoms with E-state index in [0.717, 1.165) is 45.6 Å². The number of fused-ring (bicyclic) bond motifs is 1. The Balaban J connectivity index is 0.000000266. The van der Waals surface area contributed by atoms with Crippen LogP contribution in [0.15, 0.2) is 53.4 Å². The summed E-state index contributed by atoms with van der Waals surface area (Å²) in [6.45, 7) is 6.94. The van der Waals surface area contributed by atoms with Crippen LogP contribution in [-0.2, 0) is 11.0 Å². The molecule has 1 unspecified atom stereocenters. The molecule has 1 fully saturated rings. The van der Waals surface area contributed by atoms with Crippen LogP contribution in [0.3, 0.4) is 0 Å². The van der Waals surface area contributed by atoms with Crippen molar-refractivity contribution < 1.29 is 4.21 Å². The number of nitrogens with one attached hydrogen (secondary N) is 2. The van der Waals surface area contributed by atoms with E-state index in [1.54, 1.807) is 7.05 Å². The maximum Gasteiger partial charge on any atom is 0.225 e. The fraction of sp³-hybridized carbons (Fsp3) is 0.481. The highest BCUT2D eigenvalue weighted by Gasteiger charge is 2.14. The van der Waals surface area contributed by atoms with Crippen molar-refractivity contribution in [2.45, 2.75) is 57.8 Å². The maximum absolute atomic E-state index is 11.2. The molecule has 0 radical (unpaired) electrons. The van der Waals surface area contributed by atoms with E-state index in [9.17, 15) is 4.21 Å². The molecule has 6 nitrogen and oxygen atoms in total. The molecule has 2 N–H and O–H groups in total. The molecule has 3 aromatic rings. The third-order valence-electron chi connectivity index (χ3n) is 5.76. The third kappa shape index (κ3) is 8.06. The molecule has 1 saturated carbocycles. The second kappa shape index (κ2) is 14.7. The Labute approximate surface area is 208 Å². The fourth-order valence-electron chi connectivity index (χ4n) is 3.98. The number of hydrogen-bond acceptors (Lipinski definition) is 5. The van der Waals surface area contributed by atoms with Gasteiger partial charge in [-0.3, -0.25) is 0 Å². The molecule has 0 saturated heterocycles. The molecule has 1 aromatic heterocycles. The Kier molecular flexibility index (Phi) is 12.0. The number of aryl methyl sites for hydroxylation is 1. The number of para-hydroxylation sites is 1. The maximum atomic E-state index is 11.2. The van der Waals surface area contributed by atoms with Crippen LogP contribution < -0.4 is 14.9 Å². The van der Waals surface area contributed by atoms with Gasteiger partial charge < -0.3 is 10.2 Å². The predicted octanol–water partition coefficient (Wildman–Crippen LogP) is 5.95. The second-order valence-electron chi connectivity index (χ2n) is 8.41. The summed E-state index contributed by atoms with van der Waals surface area (Å²) < 4.78 is 13.9. The standard InChI is InChI=1S/C17H24N4.C8H11NOS.C2H6/c1-21(2)16-14-10-6-7-11-15(14)19-17(20-16)18-12-13-8-4-3-5-9-13;1-7-5-3-4-6-8(7)11(10)9-2;1-2/h6-7,10-11,13H,3-5,8-9,12H2,1-2H3,(H,18,19,20);3-6,9H,1-2H3;1-2H3. The molecule has 0 aliphatic heterocycles. The molecule has 2 aromatic carbocycles. The second-order valence-corrected chi connectivity index (χ2v) is 9.79. The largest absolute Gasteiger partial charge is 0.362 e. The van der Waals surface area contributed by atoms with E-state index in [-0.39, 0.29) is 0 Å². The molecule has 186 valence electrons. The van der Waals surface area contributed by atoms with Gasteiger partial charge in [0.05, 0.1) is 10.4 Å². The highest BCUT2D eigenvalue weighted by molar-refractivity contribution is 7.83. The van der Waals surface area contributed by atoms with Crippen LogP contribution in [0.2, 0.25) is 0 Å². The van der Waals surface area contributed by atoms with Gasteiger partial charge in [0.2, 0.25) is 5.95 Å². The summed E-state index contributed by atoms with van der Waals surface area (Å²) in [6, 6.07) is 15.8. The molecule has 34 heavy (non-hydrogen) atoms. The number of rotatable bonds is 6. The normalized spacial score (nSPS) is 14.3. The summed E-state index contributed by atoms with van der Waals surface area (Å²) in [4.78, 5) is 12.3. The molecule has 1 atom stereocenters. The average molecular weight is 484 g/mol. The molecule has 0 bridgehead atoms. The minimum absolute atomic E-state index is 0.753. The van der Waals surface area contributed by atoms with E-state index < -0.39 is 11.0 Å². The van der Waals surface area contributed by atoms with Crippen molar-refractivity contribution in [1.29, 1.82) is 0 Å². The van der Waals surface area contributed by atoms with Crippen molar-refractivity contribution in [1.82, 2.24) is 14.7 Å². The highest BCUT2D eigenvalue weighted by atomic mass is 32.2. The lowest BCUT2D eigenvalue weighted by Gasteiger charge is -2.22. The van der Waals surface area contributed by atoms with Crippen LogP contribution in [0.1, 0.15) is 51.5 Å². The number of anilines is 2. The summed E-state index contributed by atoms with van der Waals surface area (Å²) in [5.41, 5.74) is 2.06. The highest BCUT2D eigenvalue weighted by Crippen LogP contribution is 2.26. The van der Waals surface area contributed by atoms with Crippen molar-refractivity contribution in [3.8, 4) is 0 Å². The van der Waals surface area contributed by atoms with Crippen LogP contribution in [0, 0.1) is 12.8 Å². The van der Waals surface area contributed by atoms with Gasteiger partial charge in [-0.25, -0.2) is 13.9 Å². The van der Waals surface area contributed by atoms with E-state index in [4.69, 9.17) is 0 Å². The van der Waals surface area contributed by atoms with E-state index in [0.29, 0.717) is 0 Å². The Morgan fingerprint density at radius 3 is 2.26 bits per heavy atom. The lowest BCUT2D eigenvalue weighted by Crippen LogP contribution is -2.19.